The standard InChI is InChI=1S/C37H36N4O7/c1-4-34(42)38-31-19-24(8-10-29(31)37(45)41-12-14-46-15-13-41)18-26-20-27(22-40(3)36(26)44)28-6-5-7-30(23(28)2)39-35(43)25-9-11-32-33(21-25)48-17-16-47-32/h4-11,19-22H,1,12-18H2,2-3H3,(H,38,42)(H,39,43). The second kappa shape index (κ2) is 14.0. The van der Waals surface area contributed by atoms with E-state index in [1.165, 1.54) is 4.57 Å². The molecule has 0 radical (unpaired) electrons. The van der Waals surface area contributed by atoms with Crippen LogP contribution < -0.4 is 25.7 Å². The number of nitrogens with one attached hydrogen (secondary N) is 2. The summed E-state index contributed by atoms with van der Waals surface area (Å²) in [6.45, 7) is 8.16. The number of anilines is 2. The number of aryl methyl sites for hydroxylation is 1. The average molecular weight is 649 g/mol. The van der Waals surface area contributed by atoms with Gasteiger partial charge in [-0.1, -0.05) is 24.8 Å². The Bertz CT molecular complexity index is 1980. The molecule has 0 unspecified atom stereocenters. The zero-order valence-corrected chi connectivity index (χ0v) is 26.8. The highest BCUT2D eigenvalue weighted by atomic mass is 16.6. The molecule has 6 rings (SSSR count). The number of morpholine rings is 1. The highest BCUT2D eigenvalue weighted by molar-refractivity contribution is 6.07. The minimum Gasteiger partial charge on any atom is -0.486 e. The molecule has 0 aliphatic carbocycles. The van der Waals surface area contributed by atoms with Gasteiger partial charge < -0.3 is 34.3 Å². The molecule has 11 nitrogen and oxygen atoms in total. The van der Waals surface area contributed by atoms with Gasteiger partial charge in [-0.2, -0.15) is 0 Å². The summed E-state index contributed by atoms with van der Waals surface area (Å²) in [7, 11) is 1.69. The van der Waals surface area contributed by atoms with Gasteiger partial charge in [-0.05, 0) is 77.7 Å². The van der Waals surface area contributed by atoms with Crippen LogP contribution in [0.25, 0.3) is 11.1 Å². The lowest BCUT2D eigenvalue weighted by atomic mass is 9.96. The van der Waals surface area contributed by atoms with E-state index >= 15 is 0 Å². The first-order chi connectivity index (χ1) is 23.2. The Balaban J connectivity index is 1.27. The van der Waals surface area contributed by atoms with E-state index in [-0.39, 0.29) is 23.8 Å². The maximum absolute atomic E-state index is 13.3. The van der Waals surface area contributed by atoms with Crippen molar-refractivity contribution in [2.45, 2.75) is 13.3 Å². The monoisotopic (exact) mass is 648 g/mol. The molecule has 2 aliphatic heterocycles. The molecule has 4 aromatic rings. The van der Waals surface area contributed by atoms with Crippen LogP contribution in [0.4, 0.5) is 11.4 Å². The minimum absolute atomic E-state index is 0.176. The van der Waals surface area contributed by atoms with Crippen LogP contribution >= 0.6 is 0 Å². The van der Waals surface area contributed by atoms with E-state index in [0.29, 0.717) is 79.1 Å². The minimum atomic E-state index is -0.447. The number of nitrogens with zero attached hydrogens (tertiary/aromatic N) is 2. The summed E-state index contributed by atoms with van der Waals surface area (Å²) in [6, 6.07) is 17.7. The Morgan fingerprint density at radius 1 is 0.896 bits per heavy atom. The first-order valence-electron chi connectivity index (χ1n) is 15.7. The van der Waals surface area contributed by atoms with Crippen LogP contribution in [0, 0.1) is 6.92 Å². The lowest BCUT2D eigenvalue weighted by Crippen LogP contribution is -2.41. The van der Waals surface area contributed by atoms with Gasteiger partial charge in [0.1, 0.15) is 13.2 Å². The third kappa shape index (κ3) is 6.86. The predicted molar refractivity (Wildman–Crippen MR) is 182 cm³/mol. The summed E-state index contributed by atoms with van der Waals surface area (Å²) in [5.74, 6) is 0.196. The van der Waals surface area contributed by atoms with Crippen LogP contribution in [0.15, 0.2) is 84.3 Å². The zero-order valence-electron chi connectivity index (χ0n) is 26.8. The van der Waals surface area contributed by atoms with E-state index in [1.807, 2.05) is 31.2 Å². The van der Waals surface area contributed by atoms with Crippen molar-refractivity contribution >= 4 is 29.1 Å². The number of aromatic nitrogens is 1. The molecule has 3 heterocycles. The summed E-state index contributed by atoms with van der Waals surface area (Å²) in [5, 5.41) is 5.76. The fraction of sp³-hybridized carbons (Fsp3) is 0.243. The normalized spacial score (nSPS) is 13.8. The van der Waals surface area contributed by atoms with Crippen molar-refractivity contribution in [3.8, 4) is 22.6 Å². The molecule has 3 aromatic carbocycles. The van der Waals surface area contributed by atoms with Crippen molar-refractivity contribution in [2.75, 3.05) is 50.2 Å². The van der Waals surface area contributed by atoms with Crippen molar-refractivity contribution in [1.82, 2.24) is 9.47 Å². The number of carbonyl (C=O) groups is 3. The van der Waals surface area contributed by atoms with Crippen LogP contribution in [0.5, 0.6) is 11.5 Å². The molecule has 0 atom stereocenters. The third-order valence-electron chi connectivity index (χ3n) is 8.41. The SMILES string of the molecule is C=CC(=O)Nc1cc(Cc2cc(-c3cccc(NC(=O)c4ccc5c(c4)OCCO5)c3C)cn(C)c2=O)ccc1C(=O)N1CCOCC1. The zero-order chi connectivity index (χ0) is 33.8. The van der Waals surface area contributed by atoms with Crippen LogP contribution in [0.3, 0.4) is 0 Å². The number of fused-ring (bicyclic) bond motifs is 1. The number of ether oxygens (including phenoxy) is 3. The number of hydrogen-bond acceptors (Lipinski definition) is 7. The van der Waals surface area contributed by atoms with E-state index in [4.69, 9.17) is 14.2 Å². The Hall–Kier alpha value is -5.68. The van der Waals surface area contributed by atoms with Gasteiger partial charge in [0.2, 0.25) is 5.91 Å². The Kier molecular flexibility index (Phi) is 9.40. The molecule has 1 aromatic heterocycles. The van der Waals surface area contributed by atoms with Gasteiger partial charge in [0.15, 0.2) is 11.5 Å². The Morgan fingerprint density at radius 2 is 1.67 bits per heavy atom. The smallest absolute Gasteiger partial charge is 0.256 e. The van der Waals surface area contributed by atoms with Crippen LogP contribution in [0.1, 0.15) is 37.4 Å². The maximum atomic E-state index is 13.3. The number of benzene rings is 3. The van der Waals surface area contributed by atoms with E-state index in [2.05, 4.69) is 17.2 Å². The molecule has 2 aliphatic rings. The second-order valence-corrected chi connectivity index (χ2v) is 11.6. The van der Waals surface area contributed by atoms with Gasteiger partial charge in [0, 0.05) is 49.6 Å². The number of carbonyl (C=O) groups excluding carboxylic acids is 3. The van der Waals surface area contributed by atoms with Gasteiger partial charge in [-0.25, -0.2) is 0 Å². The third-order valence-corrected chi connectivity index (χ3v) is 8.41. The molecule has 3 amide bonds. The number of pyridine rings is 1. The van der Waals surface area contributed by atoms with E-state index < -0.39 is 5.91 Å². The van der Waals surface area contributed by atoms with Gasteiger partial charge in [-0.3, -0.25) is 19.2 Å². The molecular formula is C37H36N4O7. The molecule has 11 heteroatoms. The first-order valence-corrected chi connectivity index (χ1v) is 15.7. The average Bonchev–Trinajstić information content (AvgIpc) is 3.11. The highest BCUT2D eigenvalue weighted by Gasteiger charge is 2.23. The summed E-state index contributed by atoms with van der Waals surface area (Å²) < 4.78 is 18.1. The topological polar surface area (TPSA) is 128 Å². The molecule has 1 fully saturated rings. The molecule has 1 saturated heterocycles. The lowest BCUT2D eigenvalue weighted by Gasteiger charge is -2.27. The predicted octanol–water partition coefficient (Wildman–Crippen LogP) is 4.57. The molecule has 2 N–H and O–H groups in total. The van der Waals surface area contributed by atoms with Crippen LogP contribution in [-0.2, 0) is 23.0 Å². The maximum Gasteiger partial charge on any atom is 0.256 e. The molecule has 0 bridgehead atoms. The van der Waals surface area contributed by atoms with Crippen molar-refractivity contribution in [1.29, 1.82) is 0 Å². The quantitative estimate of drug-likeness (QED) is 0.268. The number of amides is 3. The molecule has 0 saturated carbocycles. The fourth-order valence-corrected chi connectivity index (χ4v) is 5.85. The van der Waals surface area contributed by atoms with Crippen molar-refractivity contribution < 1.29 is 28.6 Å². The summed E-state index contributed by atoms with van der Waals surface area (Å²) in [6.07, 6.45) is 3.16. The second-order valence-electron chi connectivity index (χ2n) is 11.6. The van der Waals surface area contributed by atoms with Crippen molar-refractivity contribution in [2.24, 2.45) is 7.05 Å². The van der Waals surface area contributed by atoms with E-state index in [9.17, 15) is 19.2 Å². The highest BCUT2D eigenvalue weighted by Crippen LogP contribution is 2.33. The van der Waals surface area contributed by atoms with E-state index in [1.54, 1.807) is 54.5 Å². The summed E-state index contributed by atoms with van der Waals surface area (Å²) in [4.78, 5) is 53.9. The fourth-order valence-electron chi connectivity index (χ4n) is 5.85. The van der Waals surface area contributed by atoms with Crippen molar-refractivity contribution in [3.05, 3.63) is 118 Å². The van der Waals surface area contributed by atoms with E-state index in [0.717, 1.165) is 28.3 Å². The van der Waals surface area contributed by atoms with Gasteiger partial charge in [0.25, 0.3) is 17.4 Å². The lowest BCUT2D eigenvalue weighted by molar-refractivity contribution is -0.111. The Morgan fingerprint density at radius 3 is 2.44 bits per heavy atom. The first kappa shape index (κ1) is 32.3. The van der Waals surface area contributed by atoms with Gasteiger partial charge in [-0.15, -0.1) is 0 Å². The van der Waals surface area contributed by atoms with Crippen LogP contribution in [-0.4, -0.2) is 66.7 Å². The molecule has 48 heavy (non-hydrogen) atoms. The molecular weight excluding hydrogens is 612 g/mol. The van der Waals surface area contributed by atoms with Gasteiger partial charge in [0.05, 0.1) is 24.5 Å². The molecule has 246 valence electrons. The number of rotatable bonds is 8. The van der Waals surface area contributed by atoms with Gasteiger partial charge >= 0.3 is 0 Å². The largest absolute Gasteiger partial charge is 0.486 e. The Labute approximate surface area is 277 Å². The van der Waals surface area contributed by atoms with Crippen LogP contribution in [0.2, 0.25) is 0 Å². The summed E-state index contributed by atoms with van der Waals surface area (Å²) >= 11 is 0. The number of hydrogen-bond donors (Lipinski definition) is 2. The molecule has 0 spiro atoms. The van der Waals surface area contributed by atoms with Crippen molar-refractivity contribution in [3.63, 3.8) is 0 Å². The summed E-state index contributed by atoms with van der Waals surface area (Å²) in [5.41, 5.74) is 5.31.